The van der Waals surface area contributed by atoms with Crippen LogP contribution < -0.4 is 5.32 Å². The van der Waals surface area contributed by atoms with Gasteiger partial charge in [-0.05, 0) is 12.1 Å². The SMILES string of the molecule is COC(=O)c1ccc(NCc2ncc[nH]2)nn1. The summed E-state index contributed by atoms with van der Waals surface area (Å²) in [7, 11) is 1.30. The van der Waals surface area contributed by atoms with Crippen molar-refractivity contribution < 1.29 is 9.53 Å². The average Bonchev–Trinajstić information content (AvgIpc) is 2.89. The first-order chi connectivity index (χ1) is 8.29. The molecule has 0 amide bonds. The Morgan fingerprint density at radius 2 is 2.35 bits per heavy atom. The highest BCUT2D eigenvalue weighted by Crippen LogP contribution is 2.04. The molecule has 0 unspecified atom stereocenters. The number of carbonyl (C=O) groups excluding carboxylic acids is 1. The van der Waals surface area contributed by atoms with E-state index in [4.69, 9.17) is 0 Å². The third kappa shape index (κ3) is 2.77. The Morgan fingerprint density at radius 3 is 2.94 bits per heavy atom. The van der Waals surface area contributed by atoms with Gasteiger partial charge in [0.1, 0.15) is 11.6 Å². The summed E-state index contributed by atoms with van der Waals surface area (Å²) in [6.07, 6.45) is 3.41. The van der Waals surface area contributed by atoms with Crippen LogP contribution in [0, 0.1) is 0 Å². The highest BCUT2D eigenvalue weighted by Gasteiger charge is 2.07. The molecule has 0 bridgehead atoms. The Bertz CT molecular complexity index is 480. The molecule has 0 spiro atoms. The first-order valence-electron chi connectivity index (χ1n) is 4.94. The average molecular weight is 233 g/mol. The first-order valence-corrected chi connectivity index (χ1v) is 4.94. The van der Waals surface area contributed by atoms with Gasteiger partial charge in [0.15, 0.2) is 5.69 Å². The number of aromatic amines is 1. The zero-order valence-electron chi connectivity index (χ0n) is 9.17. The van der Waals surface area contributed by atoms with Crippen molar-refractivity contribution in [1.29, 1.82) is 0 Å². The topological polar surface area (TPSA) is 92.8 Å². The molecular formula is C10H11N5O2. The van der Waals surface area contributed by atoms with Gasteiger partial charge in [-0.2, -0.15) is 0 Å². The van der Waals surface area contributed by atoms with Gasteiger partial charge < -0.3 is 15.0 Å². The molecule has 2 heterocycles. The van der Waals surface area contributed by atoms with Crippen LogP contribution in [-0.2, 0) is 11.3 Å². The van der Waals surface area contributed by atoms with E-state index in [1.54, 1.807) is 24.5 Å². The van der Waals surface area contributed by atoms with Gasteiger partial charge in [0, 0.05) is 12.4 Å². The molecule has 0 aliphatic heterocycles. The lowest BCUT2D eigenvalue weighted by Crippen LogP contribution is -2.08. The molecule has 0 aliphatic rings. The van der Waals surface area contributed by atoms with Gasteiger partial charge in [-0.1, -0.05) is 0 Å². The maximum absolute atomic E-state index is 11.1. The molecule has 17 heavy (non-hydrogen) atoms. The number of nitrogens with one attached hydrogen (secondary N) is 2. The normalized spacial score (nSPS) is 9.94. The van der Waals surface area contributed by atoms with Crippen LogP contribution in [0.4, 0.5) is 5.82 Å². The summed E-state index contributed by atoms with van der Waals surface area (Å²) in [6.45, 7) is 0.513. The number of esters is 1. The van der Waals surface area contributed by atoms with Crippen LogP contribution in [0.15, 0.2) is 24.5 Å². The third-order valence-electron chi connectivity index (χ3n) is 2.05. The number of anilines is 1. The van der Waals surface area contributed by atoms with Crippen LogP contribution in [0.1, 0.15) is 16.3 Å². The molecule has 0 atom stereocenters. The lowest BCUT2D eigenvalue weighted by Gasteiger charge is -2.03. The Morgan fingerprint density at radius 1 is 1.47 bits per heavy atom. The second kappa shape index (κ2) is 5.06. The first kappa shape index (κ1) is 11.1. The molecule has 0 aromatic carbocycles. The number of ether oxygens (including phenoxy) is 1. The van der Waals surface area contributed by atoms with Crippen molar-refractivity contribution in [2.75, 3.05) is 12.4 Å². The van der Waals surface area contributed by atoms with E-state index in [1.807, 2.05) is 0 Å². The number of H-pyrrole nitrogens is 1. The number of imidazole rings is 1. The molecule has 2 aromatic heterocycles. The van der Waals surface area contributed by atoms with E-state index < -0.39 is 5.97 Å². The monoisotopic (exact) mass is 233 g/mol. The van der Waals surface area contributed by atoms with E-state index in [1.165, 1.54) is 7.11 Å². The number of hydrogen-bond acceptors (Lipinski definition) is 6. The Balaban J connectivity index is 1.96. The van der Waals surface area contributed by atoms with Crippen LogP contribution in [0.5, 0.6) is 0 Å². The second-order valence-electron chi connectivity index (χ2n) is 3.18. The molecule has 0 aliphatic carbocycles. The number of carbonyl (C=O) groups is 1. The summed E-state index contributed by atoms with van der Waals surface area (Å²) in [4.78, 5) is 18.1. The molecule has 2 aromatic rings. The van der Waals surface area contributed by atoms with E-state index in [9.17, 15) is 4.79 Å². The van der Waals surface area contributed by atoms with Crippen molar-refractivity contribution in [3.8, 4) is 0 Å². The highest BCUT2D eigenvalue weighted by atomic mass is 16.5. The predicted octanol–water partition coefficient (Wildman–Crippen LogP) is 0.598. The minimum atomic E-state index is -0.505. The molecule has 7 nitrogen and oxygen atoms in total. The van der Waals surface area contributed by atoms with Gasteiger partial charge in [-0.25, -0.2) is 9.78 Å². The molecule has 2 N–H and O–H groups in total. The molecular weight excluding hydrogens is 222 g/mol. The molecule has 7 heteroatoms. The smallest absolute Gasteiger partial charge is 0.358 e. The van der Waals surface area contributed by atoms with E-state index >= 15 is 0 Å². The lowest BCUT2D eigenvalue weighted by atomic mass is 10.4. The van der Waals surface area contributed by atoms with Gasteiger partial charge in [0.2, 0.25) is 0 Å². The summed E-state index contributed by atoms with van der Waals surface area (Å²) >= 11 is 0. The lowest BCUT2D eigenvalue weighted by molar-refractivity contribution is 0.0593. The number of aromatic nitrogens is 4. The molecule has 0 saturated carbocycles. The van der Waals surface area contributed by atoms with Gasteiger partial charge in [-0.3, -0.25) is 0 Å². The minimum absolute atomic E-state index is 0.177. The van der Waals surface area contributed by atoms with Gasteiger partial charge in [0.05, 0.1) is 13.7 Å². The molecule has 88 valence electrons. The maximum Gasteiger partial charge on any atom is 0.358 e. The largest absolute Gasteiger partial charge is 0.464 e. The van der Waals surface area contributed by atoms with Gasteiger partial charge >= 0.3 is 5.97 Å². The Labute approximate surface area is 97.2 Å². The Hall–Kier alpha value is -2.44. The Kier molecular flexibility index (Phi) is 3.29. The van der Waals surface area contributed by atoms with Crippen molar-refractivity contribution >= 4 is 11.8 Å². The van der Waals surface area contributed by atoms with Crippen molar-refractivity contribution in [2.45, 2.75) is 6.54 Å². The van der Waals surface area contributed by atoms with Crippen molar-refractivity contribution in [3.63, 3.8) is 0 Å². The van der Waals surface area contributed by atoms with E-state index in [0.29, 0.717) is 12.4 Å². The third-order valence-corrected chi connectivity index (χ3v) is 2.05. The van der Waals surface area contributed by atoms with E-state index in [0.717, 1.165) is 5.82 Å². The quantitative estimate of drug-likeness (QED) is 0.751. The fraction of sp³-hybridized carbons (Fsp3) is 0.200. The van der Waals surface area contributed by atoms with Crippen LogP contribution in [0.25, 0.3) is 0 Å². The van der Waals surface area contributed by atoms with Gasteiger partial charge in [-0.15, -0.1) is 10.2 Å². The van der Waals surface area contributed by atoms with Crippen LogP contribution in [-0.4, -0.2) is 33.2 Å². The maximum atomic E-state index is 11.1. The standard InChI is InChI=1S/C10H11N5O2/c1-17-10(16)7-2-3-8(15-14-7)13-6-9-11-4-5-12-9/h2-5H,6H2,1H3,(H,11,12)(H,13,15). The zero-order valence-corrected chi connectivity index (χ0v) is 9.17. The van der Waals surface area contributed by atoms with Crippen LogP contribution in [0.2, 0.25) is 0 Å². The fourth-order valence-corrected chi connectivity index (χ4v) is 1.21. The second-order valence-corrected chi connectivity index (χ2v) is 3.18. The number of methoxy groups -OCH3 is 1. The zero-order chi connectivity index (χ0) is 12.1. The highest BCUT2D eigenvalue weighted by molar-refractivity contribution is 5.86. The summed E-state index contributed by atoms with van der Waals surface area (Å²) < 4.78 is 4.52. The number of hydrogen-bond donors (Lipinski definition) is 2. The van der Waals surface area contributed by atoms with Crippen LogP contribution >= 0.6 is 0 Å². The summed E-state index contributed by atoms with van der Waals surface area (Å²) in [5.41, 5.74) is 0.177. The number of nitrogens with zero attached hydrogens (tertiary/aromatic N) is 3. The summed E-state index contributed by atoms with van der Waals surface area (Å²) in [5.74, 6) is 0.855. The fourth-order valence-electron chi connectivity index (χ4n) is 1.21. The van der Waals surface area contributed by atoms with E-state index in [2.05, 4.69) is 30.2 Å². The molecule has 2 rings (SSSR count). The summed E-state index contributed by atoms with van der Waals surface area (Å²) in [5, 5.41) is 10.6. The minimum Gasteiger partial charge on any atom is -0.464 e. The van der Waals surface area contributed by atoms with Gasteiger partial charge in [0.25, 0.3) is 0 Å². The summed E-state index contributed by atoms with van der Waals surface area (Å²) in [6, 6.07) is 3.20. The molecule has 0 radical (unpaired) electrons. The van der Waals surface area contributed by atoms with Crippen LogP contribution in [0.3, 0.4) is 0 Å². The van der Waals surface area contributed by atoms with Crippen molar-refractivity contribution in [3.05, 3.63) is 36.0 Å². The molecule has 0 saturated heterocycles. The predicted molar refractivity (Wildman–Crippen MR) is 59.3 cm³/mol. The van der Waals surface area contributed by atoms with Crippen molar-refractivity contribution in [1.82, 2.24) is 20.2 Å². The number of rotatable bonds is 4. The van der Waals surface area contributed by atoms with E-state index in [-0.39, 0.29) is 5.69 Å². The molecule has 0 fully saturated rings. The van der Waals surface area contributed by atoms with Crippen molar-refractivity contribution in [2.24, 2.45) is 0 Å².